The Morgan fingerprint density at radius 2 is 1.92 bits per heavy atom. The smallest absolute Gasteiger partial charge is 0.0622 e. The molecule has 1 nitrogen and oxygen atoms in total. The molecule has 0 heterocycles. The predicted octanol–water partition coefficient (Wildman–Crippen LogP) is 2.54. The van der Waals surface area contributed by atoms with Crippen LogP contribution in [0.5, 0.6) is 0 Å². The maximum absolute atomic E-state index is 10.0. The summed E-state index contributed by atoms with van der Waals surface area (Å²) in [5, 5.41) is 10.9. The molecule has 0 radical (unpaired) electrons. The van der Waals surface area contributed by atoms with Gasteiger partial charge in [-0.3, -0.25) is 0 Å². The molecule has 1 N–H and O–H groups in total. The van der Waals surface area contributed by atoms with Gasteiger partial charge in [-0.25, -0.2) is 0 Å². The number of hydrogen-bond acceptors (Lipinski definition) is 2. The lowest BCUT2D eigenvalue weighted by molar-refractivity contribution is -0.00625. The summed E-state index contributed by atoms with van der Waals surface area (Å²) >= 11 is 2.00. The molecule has 0 aromatic rings. The Morgan fingerprint density at radius 1 is 1.23 bits per heavy atom. The van der Waals surface area contributed by atoms with Gasteiger partial charge in [0.2, 0.25) is 0 Å². The van der Waals surface area contributed by atoms with E-state index in [1.165, 1.54) is 19.3 Å². The predicted molar refractivity (Wildman–Crippen MR) is 57.9 cm³/mol. The maximum atomic E-state index is 10.0. The molecule has 2 aliphatic carbocycles. The van der Waals surface area contributed by atoms with Crippen molar-refractivity contribution in [3.63, 3.8) is 0 Å². The number of aliphatic hydroxyl groups is 1. The molecule has 0 aromatic carbocycles. The first-order valence-corrected chi connectivity index (χ1v) is 6.56. The molecule has 0 unspecified atom stereocenters. The van der Waals surface area contributed by atoms with Crippen molar-refractivity contribution in [2.24, 2.45) is 17.8 Å². The van der Waals surface area contributed by atoms with Gasteiger partial charge >= 0.3 is 0 Å². The van der Waals surface area contributed by atoms with Gasteiger partial charge in [0.1, 0.15) is 0 Å². The molecule has 2 saturated carbocycles. The van der Waals surface area contributed by atoms with Crippen molar-refractivity contribution in [2.45, 2.75) is 44.0 Å². The standard InChI is InChI=1S/C11H20OS/c1-11(2,12)9-5-7-4-8(9)10(6-7)13-3/h7-10,12H,4-6H2,1-3H3/t7-,8-,9+,10-/m1/s1. The van der Waals surface area contributed by atoms with E-state index in [-0.39, 0.29) is 0 Å². The third-order valence-corrected chi connectivity index (χ3v) is 5.11. The van der Waals surface area contributed by atoms with Gasteiger partial charge in [-0.05, 0) is 57.1 Å². The summed E-state index contributed by atoms with van der Waals surface area (Å²) in [6, 6.07) is 0. The van der Waals surface area contributed by atoms with Crippen molar-refractivity contribution in [3.8, 4) is 0 Å². The summed E-state index contributed by atoms with van der Waals surface area (Å²) in [5.74, 6) is 2.27. The second kappa shape index (κ2) is 3.16. The minimum atomic E-state index is -0.451. The zero-order valence-corrected chi connectivity index (χ0v) is 9.60. The highest BCUT2D eigenvalue weighted by Gasteiger charge is 2.50. The Morgan fingerprint density at radius 3 is 2.38 bits per heavy atom. The lowest BCUT2D eigenvalue weighted by Crippen LogP contribution is -2.38. The quantitative estimate of drug-likeness (QED) is 0.739. The average molecular weight is 200 g/mol. The number of thioether (sulfide) groups is 1. The van der Waals surface area contributed by atoms with Crippen LogP contribution in [0, 0.1) is 17.8 Å². The molecule has 0 spiro atoms. The maximum Gasteiger partial charge on any atom is 0.0622 e. The molecule has 2 aliphatic rings. The first-order valence-electron chi connectivity index (χ1n) is 5.27. The van der Waals surface area contributed by atoms with Crippen LogP contribution in [-0.2, 0) is 0 Å². The molecular formula is C11H20OS. The highest BCUT2D eigenvalue weighted by Crippen LogP contribution is 2.55. The minimum absolute atomic E-state index is 0.451. The molecule has 0 aliphatic heterocycles. The van der Waals surface area contributed by atoms with Crippen LogP contribution in [0.4, 0.5) is 0 Å². The minimum Gasteiger partial charge on any atom is -0.390 e. The summed E-state index contributed by atoms with van der Waals surface area (Å²) in [6.07, 6.45) is 6.26. The highest BCUT2D eigenvalue weighted by atomic mass is 32.2. The average Bonchev–Trinajstić information content (AvgIpc) is 2.59. The van der Waals surface area contributed by atoms with Crippen LogP contribution in [0.1, 0.15) is 33.1 Å². The van der Waals surface area contributed by atoms with E-state index in [4.69, 9.17) is 0 Å². The second-order valence-electron chi connectivity index (χ2n) is 5.27. The van der Waals surface area contributed by atoms with Gasteiger partial charge in [0, 0.05) is 5.25 Å². The van der Waals surface area contributed by atoms with E-state index in [0.717, 1.165) is 17.1 Å². The number of hydrogen-bond donors (Lipinski definition) is 1. The Kier molecular flexibility index (Phi) is 2.40. The van der Waals surface area contributed by atoms with Crippen LogP contribution < -0.4 is 0 Å². The van der Waals surface area contributed by atoms with Crippen molar-refractivity contribution in [1.82, 2.24) is 0 Å². The Labute approximate surface area is 85.3 Å². The molecular weight excluding hydrogens is 180 g/mol. The number of fused-ring (bicyclic) bond motifs is 2. The van der Waals surface area contributed by atoms with Gasteiger partial charge in [0.05, 0.1) is 5.60 Å². The Hall–Kier alpha value is 0.310. The van der Waals surface area contributed by atoms with Gasteiger partial charge in [-0.15, -0.1) is 0 Å². The molecule has 2 heteroatoms. The molecule has 4 atom stereocenters. The fourth-order valence-corrected chi connectivity index (χ4v) is 4.48. The van der Waals surface area contributed by atoms with Gasteiger partial charge in [-0.2, -0.15) is 11.8 Å². The van der Waals surface area contributed by atoms with E-state index < -0.39 is 5.60 Å². The van der Waals surface area contributed by atoms with Crippen molar-refractivity contribution >= 4 is 11.8 Å². The molecule has 0 amide bonds. The fraction of sp³-hybridized carbons (Fsp3) is 1.00. The van der Waals surface area contributed by atoms with Crippen molar-refractivity contribution in [2.75, 3.05) is 6.26 Å². The van der Waals surface area contributed by atoms with Gasteiger partial charge in [0.25, 0.3) is 0 Å². The highest BCUT2D eigenvalue weighted by molar-refractivity contribution is 7.99. The van der Waals surface area contributed by atoms with Crippen molar-refractivity contribution in [1.29, 1.82) is 0 Å². The molecule has 76 valence electrons. The molecule has 0 aromatic heterocycles. The zero-order chi connectivity index (χ0) is 9.64. The van der Waals surface area contributed by atoms with Crippen molar-refractivity contribution in [3.05, 3.63) is 0 Å². The monoisotopic (exact) mass is 200 g/mol. The topological polar surface area (TPSA) is 20.2 Å². The van der Waals surface area contributed by atoms with Crippen LogP contribution in [0.3, 0.4) is 0 Å². The van der Waals surface area contributed by atoms with Crippen LogP contribution >= 0.6 is 11.8 Å². The summed E-state index contributed by atoms with van der Waals surface area (Å²) < 4.78 is 0. The molecule has 2 rings (SSSR count). The first-order chi connectivity index (χ1) is 6.02. The summed E-state index contributed by atoms with van der Waals surface area (Å²) in [5.41, 5.74) is -0.451. The Balaban J connectivity index is 2.10. The van der Waals surface area contributed by atoms with Gasteiger partial charge < -0.3 is 5.11 Å². The van der Waals surface area contributed by atoms with Crippen LogP contribution in [-0.4, -0.2) is 22.2 Å². The summed E-state index contributed by atoms with van der Waals surface area (Å²) in [4.78, 5) is 0. The molecule has 0 saturated heterocycles. The first kappa shape index (κ1) is 9.85. The van der Waals surface area contributed by atoms with E-state index in [2.05, 4.69) is 6.26 Å². The molecule has 2 bridgehead atoms. The lowest BCUT2D eigenvalue weighted by Gasteiger charge is -2.36. The van der Waals surface area contributed by atoms with Crippen molar-refractivity contribution < 1.29 is 5.11 Å². The zero-order valence-electron chi connectivity index (χ0n) is 8.79. The summed E-state index contributed by atoms with van der Waals surface area (Å²) in [7, 11) is 0. The van der Waals surface area contributed by atoms with E-state index in [9.17, 15) is 5.11 Å². The van der Waals surface area contributed by atoms with E-state index >= 15 is 0 Å². The largest absolute Gasteiger partial charge is 0.390 e. The fourth-order valence-electron chi connectivity index (χ4n) is 3.37. The third-order valence-electron chi connectivity index (χ3n) is 3.96. The van der Waals surface area contributed by atoms with E-state index in [1.54, 1.807) is 0 Å². The number of rotatable bonds is 2. The van der Waals surface area contributed by atoms with Gasteiger partial charge in [0.15, 0.2) is 0 Å². The normalized spacial score (nSPS) is 44.3. The molecule has 2 fully saturated rings. The third kappa shape index (κ3) is 1.63. The Bertz CT molecular complexity index is 197. The van der Waals surface area contributed by atoms with Crippen LogP contribution in [0.2, 0.25) is 0 Å². The summed E-state index contributed by atoms with van der Waals surface area (Å²) in [6.45, 7) is 3.96. The second-order valence-corrected chi connectivity index (χ2v) is 6.35. The van der Waals surface area contributed by atoms with E-state index in [1.807, 2.05) is 25.6 Å². The SMILES string of the molecule is CS[C@@H]1C[C@@H]2C[C@@H]1[C@@H](C(C)(C)O)C2. The van der Waals surface area contributed by atoms with Crippen LogP contribution in [0.25, 0.3) is 0 Å². The lowest BCUT2D eigenvalue weighted by atomic mass is 9.78. The van der Waals surface area contributed by atoms with E-state index in [0.29, 0.717) is 5.92 Å². The van der Waals surface area contributed by atoms with Crippen LogP contribution in [0.15, 0.2) is 0 Å². The molecule has 13 heavy (non-hydrogen) atoms. The van der Waals surface area contributed by atoms with Gasteiger partial charge in [-0.1, -0.05) is 0 Å².